The van der Waals surface area contributed by atoms with E-state index in [-0.39, 0.29) is 0 Å². The van der Waals surface area contributed by atoms with Crippen molar-refractivity contribution in [3.05, 3.63) is 24.4 Å². The van der Waals surface area contributed by atoms with Gasteiger partial charge in [-0.2, -0.15) is 0 Å². The summed E-state index contributed by atoms with van der Waals surface area (Å²) >= 11 is 0. The summed E-state index contributed by atoms with van der Waals surface area (Å²) in [5.41, 5.74) is 0.963. The Morgan fingerprint density at radius 3 is 2.47 bits per heavy atom. The maximum absolute atomic E-state index is 8.01. The van der Waals surface area contributed by atoms with E-state index in [1.807, 2.05) is 0 Å². The Balaban J connectivity index is 2.72. The van der Waals surface area contributed by atoms with E-state index in [0.717, 1.165) is 11.0 Å². The van der Waals surface area contributed by atoms with E-state index < -0.39 is 8.07 Å². The third-order valence-corrected chi connectivity index (χ3v) is 9.91. The van der Waals surface area contributed by atoms with Crippen LogP contribution >= 0.6 is 0 Å². The fraction of sp³-hybridized carbons (Fsp3) is 0.500. The minimum atomic E-state index is -1.40. The van der Waals surface area contributed by atoms with Crippen LogP contribution in [0.1, 0.15) is 22.1 Å². The van der Waals surface area contributed by atoms with Gasteiger partial charge in [-0.15, -0.1) is 0 Å². The van der Waals surface area contributed by atoms with E-state index in [9.17, 15) is 0 Å². The van der Waals surface area contributed by atoms with E-state index in [4.69, 9.17) is 1.37 Å². The van der Waals surface area contributed by atoms with Crippen molar-refractivity contribution >= 4 is 24.4 Å². The van der Waals surface area contributed by atoms with Gasteiger partial charge in [-0.3, -0.25) is 0 Å². The van der Waals surface area contributed by atoms with Gasteiger partial charge in [-0.1, -0.05) is 38.9 Å². The van der Waals surface area contributed by atoms with Gasteiger partial charge in [0.25, 0.3) is 0 Å². The molecule has 0 saturated carbocycles. The first-order valence-corrected chi connectivity index (χ1v) is 9.13. The molecule has 2 heterocycles. The van der Waals surface area contributed by atoms with Crippen LogP contribution in [0.25, 0.3) is 11.0 Å². The molecule has 0 bridgehead atoms. The number of rotatable bonds is 4. The van der Waals surface area contributed by atoms with Gasteiger partial charge in [0.05, 0.1) is 1.37 Å². The molecule has 2 nitrogen and oxygen atoms in total. The molecule has 3 heteroatoms. The van der Waals surface area contributed by atoms with Crippen molar-refractivity contribution in [2.24, 2.45) is 7.05 Å². The molecule has 0 atom stereocenters. The van der Waals surface area contributed by atoms with Crippen molar-refractivity contribution in [2.45, 2.75) is 38.9 Å². The maximum atomic E-state index is 8.01. The number of hydrogen-bond donors (Lipinski definition) is 0. The molecule has 0 aliphatic heterocycles. The molecule has 92 valence electrons. The zero-order chi connectivity index (χ0) is 13.3. The summed E-state index contributed by atoms with van der Waals surface area (Å²) < 4.78 is 10.2. The molecule has 0 aromatic carbocycles. The first-order valence-electron chi connectivity index (χ1n) is 7.01. The second-order valence-electron chi connectivity index (χ2n) is 4.76. The molecule has 0 aliphatic carbocycles. The van der Waals surface area contributed by atoms with Gasteiger partial charge in [0, 0.05) is 23.9 Å². The highest BCUT2D eigenvalue weighted by Gasteiger charge is 2.32. The normalized spacial score (nSPS) is 13.1. The predicted molar refractivity (Wildman–Crippen MR) is 77.5 cm³/mol. The monoisotopic (exact) mass is 247 g/mol. The highest BCUT2D eigenvalue weighted by molar-refractivity contribution is 6.91. The number of nitrogens with zero attached hydrogens (tertiary/aromatic N) is 2. The SMILES string of the molecule is [2H]c1ccnc2c1cc([Si](CC)(CC)CC)n2C. The average Bonchev–Trinajstić information content (AvgIpc) is 2.73. The lowest BCUT2D eigenvalue weighted by Gasteiger charge is -2.28. The molecule has 0 fully saturated rings. The zero-order valence-electron chi connectivity index (χ0n) is 12.2. The largest absolute Gasteiger partial charge is 0.337 e. The molecule has 0 spiro atoms. The van der Waals surface area contributed by atoms with Crippen molar-refractivity contribution in [1.82, 2.24) is 9.55 Å². The molecule has 0 radical (unpaired) electrons. The minimum Gasteiger partial charge on any atom is -0.337 e. The summed E-state index contributed by atoms with van der Waals surface area (Å²) in [6.07, 6.45) is 1.74. The van der Waals surface area contributed by atoms with E-state index in [1.165, 1.54) is 23.4 Å². The van der Waals surface area contributed by atoms with Crippen molar-refractivity contribution in [3.63, 3.8) is 0 Å². The summed E-state index contributed by atoms with van der Waals surface area (Å²) in [5, 5.41) is 2.46. The number of aryl methyl sites for hydroxylation is 1. The lowest BCUT2D eigenvalue weighted by molar-refractivity contribution is 0.962. The van der Waals surface area contributed by atoms with E-state index in [0.29, 0.717) is 6.04 Å². The Kier molecular flexibility index (Phi) is 3.01. The Labute approximate surface area is 106 Å². The Morgan fingerprint density at radius 2 is 1.94 bits per heavy atom. The van der Waals surface area contributed by atoms with Crippen LogP contribution in [0.5, 0.6) is 0 Å². The Hall–Kier alpha value is -1.09. The molecular formula is C14H22N2Si. The van der Waals surface area contributed by atoms with E-state index >= 15 is 0 Å². The topological polar surface area (TPSA) is 17.8 Å². The second-order valence-corrected chi connectivity index (χ2v) is 9.95. The standard InChI is InChI=1S/C14H22N2Si/c1-5-17(6-2,7-3)13-11-12-9-8-10-15-14(12)16(13)4/h8-11H,5-7H2,1-4H3/i9D. The molecule has 0 saturated heterocycles. The van der Waals surface area contributed by atoms with Crippen LogP contribution in [0.15, 0.2) is 24.4 Å². The van der Waals surface area contributed by atoms with Gasteiger partial charge in [0.2, 0.25) is 0 Å². The fourth-order valence-corrected chi connectivity index (χ4v) is 6.75. The molecular weight excluding hydrogens is 224 g/mol. The zero-order valence-corrected chi connectivity index (χ0v) is 12.2. The van der Waals surface area contributed by atoms with E-state index in [2.05, 4.69) is 43.4 Å². The second kappa shape index (κ2) is 4.65. The smallest absolute Gasteiger partial charge is 0.139 e. The summed E-state index contributed by atoms with van der Waals surface area (Å²) in [5.74, 6) is 0. The quantitative estimate of drug-likeness (QED) is 0.758. The van der Waals surface area contributed by atoms with Crippen LogP contribution in [0.4, 0.5) is 0 Å². The van der Waals surface area contributed by atoms with Gasteiger partial charge in [-0.05, 0) is 18.2 Å². The lowest BCUT2D eigenvalue weighted by Crippen LogP contribution is -2.49. The summed E-state index contributed by atoms with van der Waals surface area (Å²) in [6, 6.07) is 8.38. The van der Waals surface area contributed by atoms with Crippen LogP contribution in [0.2, 0.25) is 18.1 Å². The van der Waals surface area contributed by atoms with Gasteiger partial charge >= 0.3 is 0 Å². The van der Waals surface area contributed by atoms with Crippen molar-refractivity contribution in [3.8, 4) is 0 Å². The third kappa shape index (κ3) is 1.82. The third-order valence-electron chi connectivity index (χ3n) is 4.28. The Morgan fingerprint density at radius 1 is 1.29 bits per heavy atom. The van der Waals surface area contributed by atoms with Gasteiger partial charge in [0.1, 0.15) is 13.7 Å². The molecule has 2 aromatic heterocycles. The van der Waals surface area contributed by atoms with Crippen molar-refractivity contribution in [1.29, 1.82) is 0 Å². The van der Waals surface area contributed by atoms with Crippen molar-refractivity contribution < 1.29 is 1.37 Å². The number of hydrogen-bond acceptors (Lipinski definition) is 1. The molecule has 2 rings (SSSR count). The van der Waals surface area contributed by atoms with Crippen LogP contribution < -0.4 is 5.32 Å². The predicted octanol–water partition coefficient (Wildman–Crippen LogP) is 3.29. The number of fused-ring (bicyclic) bond motifs is 1. The highest BCUT2D eigenvalue weighted by Crippen LogP contribution is 2.23. The fourth-order valence-electron chi connectivity index (χ4n) is 2.89. The first-order chi connectivity index (χ1) is 8.59. The first kappa shape index (κ1) is 11.0. The van der Waals surface area contributed by atoms with Crippen LogP contribution in [-0.2, 0) is 7.05 Å². The maximum Gasteiger partial charge on any atom is 0.139 e. The molecule has 2 aromatic rings. The number of aromatic nitrogens is 2. The van der Waals surface area contributed by atoms with E-state index in [1.54, 1.807) is 12.3 Å². The summed E-state index contributed by atoms with van der Waals surface area (Å²) in [7, 11) is 0.700. The molecule has 0 aliphatic rings. The highest BCUT2D eigenvalue weighted by atomic mass is 28.3. The number of pyridine rings is 1. The molecule has 0 amide bonds. The minimum absolute atomic E-state index is 0.591. The Bertz CT molecular complexity index is 550. The van der Waals surface area contributed by atoms with Crippen LogP contribution in [0.3, 0.4) is 0 Å². The lowest BCUT2D eigenvalue weighted by atomic mass is 10.3. The van der Waals surface area contributed by atoms with Crippen LogP contribution in [-0.4, -0.2) is 17.6 Å². The molecule has 0 N–H and O–H groups in total. The van der Waals surface area contributed by atoms with Crippen LogP contribution in [0, 0.1) is 0 Å². The van der Waals surface area contributed by atoms with Gasteiger partial charge < -0.3 is 4.57 Å². The van der Waals surface area contributed by atoms with Gasteiger partial charge in [-0.25, -0.2) is 4.98 Å². The molecule has 17 heavy (non-hydrogen) atoms. The summed E-state index contributed by atoms with van der Waals surface area (Å²) in [4.78, 5) is 4.44. The van der Waals surface area contributed by atoms with Crippen molar-refractivity contribution in [2.75, 3.05) is 0 Å². The molecule has 0 unspecified atom stereocenters. The van der Waals surface area contributed by atoms with Gasteiger partial charge in [0.15, 0.2) is 0 Å². The summed E-state index contributed by atoms with van der Waals surface area (Å²) in [6.45, 7) is 6.93. The average molecular weight is 247 g/mol.